The molecule has 1 heterocycles. The van der Waals surface area contributed by atoms with Crippen molar-refractivity contribution in [1.29, 1.82) is 0 Å². The Labute approximate surface area is 97.3 Å². The molecule has 0 radical (unpaired) electrons. The van der Waals surface area contributed by atoms with Crippen molar-refractivity contribution >= 4 is 16.9 Å². The van der Waals surface area contributed by atoms with Crippen molar-refractivity contribution < 1.29 is 0 Å². The molecule has 0 amide bonds. The Kier molecular flexibility index (Phi) is 3.29. The van der Waals surface area contributed by atoms with E-state index in [0.717, 1.165) is 18.5 Å². The molecule has 2 nitrogen and oxygen atoms in total. The van der Waals surface area contributed by atoms with E-state index in [9.17, 15) is 0 Å². The third kappa shape index (κ3) is 3.13. The van der Waals surface area contributed by atoms with Crippen LogP contribution < -0.4 is 5.32 Å². The summed E-state index contributed by atoms with van der Waals surface area (Å²) in [7, 11) is 0. The summed E-state index contributed by atoms with van der Waals surface area (Å²) in [6, 6.07) is 0.727. The topological polar surface area (TPSA) is 24.4 Å². The molecule has 1 aliphatic carbocycles. The molecule has 2 atom stereocenters. The molecule has 2 aliphatic rings. The summed E-state index contributed by atoms with van der Waals surface area (Å²) in [5.41, 5.74) is 0.307. The van der Waals surface area contributed by atoms with Gasteiger partial charge in [-0.15, -0.1) is 0 Å². The molecule has 2 fully saturated rings. The highest BCUT2D eigenvalue weighted by Gasteiger charge is 2.32. The first-order chi connectivity index (χ1) is 7.04. The zero-order chi connectivity index (χ0) is 10.9. The molecule has 0 aromatic heterocycles. The van der Waals surface area contributed by atoms with Crippen LogP contribution in [0, 0.1) is 11.3 Å². The molecular formula is C12H22N2S. The number of nitrogens with one attached hydrogen (secondary N) is 1. The Hall–Kier alpha value is -0.180. The summed E-state index contributed by atoms with van der Waals surface area (Å²) in [6.45, 7) is 7.65. The second-order valence-corrected chi connectivity index (χ2v) is 6.94. The Morgan fingerprint density at radius 2 is 2.20 bits per heavy atom. The first-order valence-corrected chi connectivity index (χ1v) is 6.97. The minimum Gasteiger partial charge on any atom is -0.362 e. The van der Waals surface area contributed by atoms with Gasteiger partial charge in [0.25, 0.3) is 0 Å². The van der Waals surface area contributed by atoms with Gasteiger partial charge in [-0.25, -0.2) is 0 Å². The van der Waals surface area contributed by atoms with E-state index >= 15 is 0 Å². The van der Waals surface area contributed by atoms with Crippen LogP contribution in [0.15, 0.2) is 4.99 Å². The number of hydrogen-bond acceptors (Lipinski definition) is 2. The minimum absolute atomic E-state index is 0.307. The van der Waals surface area contributed by atoms with Gasteiger partial charge in [-0.05, 0) is 24.2 Å². The lowest BCUT2D eigenvalue weighted by Gasteiger charge is -2.28. The third-order valence-corrected chi connectivity index (χ3v) is 4.21. The van der Waals surface area contributed by atoms with Crippen molar-refractivity contribution in [3.63, 3.8) is 0 Å². The van der Waals surface area contributed by atoms with E-state index in [1.54, 1.807) is 0 Å². The maximum Gasteiger partial charge on any atom is 0.156 e. The average molecular weight is 226 g/mol. The maximum absolute atomic E-state index is 4.68. The summed E-state index contributed by atoms with van der Waals surface area (Å²) in [5, 5.41) is 4.79. The highest BCUT2D eigenvalue weighted by Crippen LogP contribution is 2.33. The fourth-order valence-corrected chi connectivity index (χ4v) is 3.37. The van der Waals surface area contributed by atoms with Crippen LogP contribution in [0.3, 0.4) is 0 Å². The van der Waals surface area contributed by atoms with Crippen molar-refractivity contribution in [3.05, 3.63) is 0 Å². The van der Waals surface area contributed by atoms with E-state index in [1.807, 2.05) is 11.8 Å². The lowest BCUT2D eigenvalue weighted by molar-refractivity contribution is 0.427. The Bertz CT molecular complexity index is 255. The van der Waals surface area contributed by atoms with Crippen LogP contribution in [0.25, 0.3) is 0 Å². The van der Waals surface area contributed by atoms with Gasteiger partial charge in [0.15, 0.2) is 5.17 Å². The zero-order valence-electron chi connectivity index (χ0n) is 10.0. The SMILES string of the molecule is CC(C)(C)CN=C1NC2CCCC2CS1. The average Bonchev–Trinajstić information content (AvgIpc) is 2.60. The lowest BCUT2D eigenvalue weighted by Crippen LogP contribution is -2.41. The number of nitrogens with zero attached hydrogens (tertiary/aromatic N) is 1. The second-order valence-electron chi connectivity index (χ2n) is 5.93. The Balaban J connectivity index is 1.89. The van der Waals surface area contributed by atoms with E-state index in [4.69, 9.17) is 0 Å². The van der Waals surface area contributed by atoms with Crippen LogP contribution in [0.4, 0.5) is 0 Å². The van der Waals surface area contributed by atoms with Crippen molar-refractivity contribution in [2.45, 2.75) is 46.1 Å². The standard InChI is InChI=1S/C12H22N2S/c1-12(2,3)8-13-11-14-10-6-4-5-9(10)7-15-11/h9-10H,4-8H2,1-3H3,(H,13,14). The molecule has 15 heavy (non-hydrogen) atoms. The number of rotatable bonds is 1. The van der Waals surface area contributed by atoms with Crippen LogP contribution in [0.1, 0.15) is 40.0 Å². The van der Waals surface area contributed by atoms with Crippen molar-refractivity contribution in [3.8, 4) is 0 Å². The van der Waals surface area contributed by atoms with Crippen molar-refractivity contribution in [1.82, 2.24) is 5.32 Å². The van der Waals surface area contributed by atoms with Gasteiger partial charge >= 0.3 is 0 Å². The van der Waals surface area contributed by atoms with Crippen LogP contribution in [-0.2, 0) is 0 Å². The normalized spacial score (nSPS) is 33.9. The van der Waals surface area contributed by atoms with Gasteiger partial charge in [-0.1, -0.05) is 39.0 Å². The van der Waals surface area contributed by atoms with E-state index in [1.165, 1.54) is 30.2 Å². The number of thioether (sulfide) groups is 1. The fourth-order valence-electron chi connectivity index (χ4n) is 2.21. The molecule has 0 aromatic carbocycles. The molecule has 2 unspecified atom stereocenters. The van der Waals surface area contributed by atoms with Gasteiger partial charge in [0.2, 0.25) is 0 Å². The molecule has 2 rings (SSSR count). The lowest BCUT2D eigenvalue weighted by atomic mass is 9.97. The number of aliphatic imine (C=N–C) groups is 1. The predicted molar refractivity (Wildman–Crippen MR) is 68.5 cm³/mol. The molecule has 1 saturated carbocycles. The molecule has 86 valence electrons. The number of hydrogen-bond donors (Lipinski definition) is 1. The van der Waals surface area contributed by atoms with E-state index in [-0.39, 0.29) is 0 Å². The molecular weight excluding hydrogens is 204 g/mol. The van der Waals surface area contributed by atoms with Crippen molar-refractivity contribution in [2.24, 2.45) is 16.3 Å². The van der Waals surface area contributed by atoms with Gasteiger partial charge < -0.3 is 5.32 Å². The number of fused-ring (bicyclic) bond motifs is 1. The highest BCUT2D eigenvalue weighted by atomic mass is 32.2. The fraction of sp³-hybridized carbons (Fsp3) is 0.917. The number of amidine groups is 1. The smallest absolute Gasteiger partial charge is 0.156 e. The third-order valence-electron chi connectivity index (χ3n) is 3.10. The summed E-state index contributed by atoms with van der Waals surface area (Å²) in [4.78, 5) is 4.68. The van der Waals surface area contributed by atoms with Gasteiger partial charge in [0, 0.05) is 18.3 Å². The summed E-state index contributed by atoms with van der Waals surface area (Å²) >= 11 is 1.92. The molecule has 1 N–H and O–H groups in total. The largest absolute Gasteiger partial charge is 0.362 e. The first-order valence-electron chi connectivity index (χ1n) is 5.98. The second kappa shape index (κ2) is 4.36. The summed E-state index contributed by atoms with van der Waals surface area (Å²) in [5.74, 6) is 2.18. The summed E-state index contributed by atoms with van der Waals surface area (Å²) in [6.07, 6.45) is 4.16. The van der Waals surface area contributed by atoms with Gasteiger partial charge in [0.05, 0.1) is 0 Å². The maximum atomic E-state index is 4.68. The van der Waals surface area contributed by atoms with E-state index < -0.39 is 0 Å². The van der Waals surface area contributed by atoms with Gasteiger partial charge in [-0.2, -0.15) is 0 Å². The van der Waals surface area contributed by atoms with Gasteiger partial charge in [0.1, 0.15) is 0 Å². The van der Waals surface area contributed by atoms with Gasteiger partial charge in [-0.3, -0.25) is 4.99 Å². The zero-order valence-corrected chi connectivity index (χ0v) is 10.9. The quantitative estimate of drug-likeness (QED) is 0.743. The first kappa shape index (κ1) is 11.3. The van der Waals surface area contributed by atoms with E-state index in [2.05, 4.69) is 31.1 Å². The van der Waals surface area contributed by atoms with Crippen molar-refractivity contribution in [2.75, 3.05) is 12.3 Å². The Morgan fingerprint density at radius 1 is 1.40 bits per heavy atom. The molecule has 3 heteroatoms. The molecule has 1 aliphatic heterocycles. The molecule has 0 aromatic rings. The monoisotopic (exact) mass is 226 g/mol. The Morgan fingerprint density at radius 3 is 2.93 bits per heavy atom. The predicted octanol–water partition coefficient (Wildman–Crippen LogP) is 2.89. The van der Waals surface area contributed by atoms with Crippen LogP contribution in [0.5, 0.6) is 0 Å². The van der Waals surface area contributed by atoms with Crippen LogP contribution >= 0.6 is 11.8 Å². The molecule has 0 bridgehead atoms. The highest BCUT2D eigenvalue weighted by molar-refractivity contribution is 8.13. The van der Waals surface area contributed by atoms with Crippen LogP contribution in [0.2, 0.25) is 0 Å². The van der Waals surface area contributed by atoms with Crippen LogP contribution in [-0.4, -0.2) is 23.5 Å². The van der Waals surface area contributed by atoms with E-state index in [0.29, 0.717) is 5.41 Å². The summed E-state index contributed by atoms with van der Waals surface area (Å²) < 4.78 is 0. The molecule has 0 spiro atoms. The molecule has 1 saturated heterocycles. The minimum atomic E-state index is 0.307.